The first-order valence-corrected chi connectivity index (χ1v) is 21.3. The molecule has 0 unspecified atom stereocenters. The van der Waals surface area contributed by atoms with Crippen molar-refractivity contribution in [3.8, 4) is 61.5 Å². The molecule has 11 rings (SSSR count). The molecule has 0 spiro atoms. The summed E-state index contributed by atoms with van der Waals surface area (Å²) < 4.78 is 16.8. The van der Waals surface area contributed by atoms with E-state index in [0.717, 1.165) is 50.7 Å². The second kappa shape index (κ2) is 15.1. The topological polar surface area (TPSA) is 8.17 Å². The molecule has 0 aliphatic heterocycles. The van der Waals surface area contributed by atoms with Gasteiger partial charge in [0.15, 0.2) is 0 Å². The summed E-state index contributed by atoms with van der Waals surface area (Å²) in [7, 11) is 0. The van der Waals surface area contributed by atoms with E-state index in [2.05, 4.69) is 224 Å². The number of hydrogen-bond donors (Lipinski definition) is 0. The van der Waals surface area contributed by atoms with Crippen LogP contribution in [0.15, 0.2) is 224 Å². The molecular formula is C59H43FN2. The average Bonchev–Trinajstić information content (AvgIpc) is 3.79. The van der Waals surface area contributed by atoms with Gasteiger partial charge in [-0.2, -0.15) is 0 Å². The Balaban J connectivity index is 1.04. The number of nitrogens with zero attached hydrogens (tertiary/aromatic N) is 2. The van der Waals surface area contributed by atoms with Crippen molar-refractivity contribution in [3.63, 3.8) is 0 Å². The van der Waals surface area contributed by atoms with E-state index >= 15 is 0 Å². The van der Waals surface area contributed by atoms with Crippen LogP contribution in [0.5, 0.6) is 0 Å². The lowest BCUT2D eigenvalue weighted by molar-refractivity contribution is 0.628. The van der Waals surface area contributed by atoms with Crippen molar-refractivity contribution >= 4 is 28.0 Å². The predicted molar refractivity (Wildman–Crippen MR) is 257 cm³/mol. The normalized spacial score (nSPS) is 12.6. The molecule has 1 aromatic heterocycles. The SMILES string of the molecule is CC1(C)c2ccccc2-c2ccc(N(c3ccc(F)cc3)c3ccc(-c4ccc5c(c4)c(-c4ccccc4)c(-c4ccccc4)n5-c4ccc(-c5ccccc5)cc4)cc3)cc21. The second-order valence-corrected chi connectivity index (χ2v) is 16.7. The number of rotatable bonds is 8. The van der Waals surface area contributed by atoms with Gasteiger partial charge in [0.2, 0.25) is 0 Å². The number of hydrogen-bond acceptors (Lipinski definition) is 1. The summed E-state index contributed by atoms with van der Waals surface area (Å²) in [5.74, 6) is -0.256. The third-order valence-corrected chi connectivity index (χ3v) is 12.7. The Morgan fingerprint density at radius 1 is 0.403 bits per heavy atom. The standard InChI is InChI=1S/C59H43FN2/c1-59(2)54-21-13-12-20-51(54)52-36-35-50(39-55(52)59)61(48-33-27-46(60)28-34-48)47-29-24-42(25-30-47)45-26-37-56-53(38-45)57(43-16-8-4-9-17-43)58(44-18-10-5-11-19-44)62(56)49-31-22-41(23-32-49)40-14-6-3-7-15-40/h3-39H,1-2H3. The fourth-order valence-electron chi connectivity index (χ4n) is 9.61. The highest BCUT2D eigenvalue weighted by Crippen LogP contribution is 2.51. The summed E-state index contributed by atoms with van der Waals surface area (Å²) in [6.45, 7) is 4.61. The first-order chi connectivity index (χ1) is 30.4. The van der Waals surface area contributed by atoms with Gasteiger partial charge in [-0.3, -0.25) is 0 Å². The van der Waals surface area contributed by atoms with Gasteiger partial charge in [0, 0.05) is 39.1 Å². The van der Waals surface area contributed by atoms with Gasteiger partial charge in [0.05, 0.1) is 11.2 Å². The Kier molecular flexibility index (Phi) is 9.05. The Bertz CT molecular complexity index is 3220. The average molecular weight is 799 g/mol. The van der Waals surface area contributed by atoms with E-state index in [-0.39, 0.29) is 11.2 Å². The Morgan fingerprint density at radius 3 is 1.58 bits per heavy atom. The summed E-state index contributed by atoms with van der Waals surface area (Å²) in [4.78, 5) is 2.23. The molecule has 0 radical (unpaired) electrons. The lowest BCUT2D eigenvalue weighted by Gasteiger charge is -2.28. The molecule has 0 saturated heterocycles. The number of aromatic nitrogens is 1. The molecule has 62 heavy (non-hydrogen) atoms. The first-order valence-electron chi connectivity index (χ1n) is 21.3. The number of fused-ring (bicyclic) bond motifs is 4. The molecule has 9 aromatic carbocycles. The number of halogens is 1. The summed E-state index contributed by atoms with van der Waals surface area (Å²) in [6.07, 6.45) is 0. The summed E-state index contributed by atoms with van der Waals surface area (Å²) in [5, 5.41) is 1.18. The smallest absolute Gasteiger partial charge is 0.123 e. The van der Waals surface area contributed by atoms with Crippen LogP contribution in [0.25, 0.3) is 72.4 Å². The van der Waals surface area contributed by atoms with Crippen LogP contribution in [0.3, 0.4) is 0 Å². The molecule has 0 amide bonds. The minimum absolute atomic E-state index is 0.150. The van der Waals surface area contributed by atoms with Gasteiger partial charge in [-0.25, -0.2) is 4.39 Å². The Labute approximate surface area is 362 Å². The molecule has 0 bridgehead atoms. The molecule has 0 atom stereocenters. The van der Waals surface area contributed by atoms with E-state index in [4.69, 9.17) is 0 Å². The molecule has 3 heteroatoms. The molecular weight excluding hydrogens is 756 g/mol. The number of anilines is 3. The van der Waals surface area contributed by atoms with Gasteiger partial charge < -0.3 is 9.47 Å². The van der Waals surface area contributed by atoms with Gasteiger partial charge in [-0.05, 0) is 128 Å². The van der Waals surface area contributed by atoms with E-state index in [0.29, 0.717) is 0 Å². The highest BCUT2D eigenvalue weighted by Gasteiger charge is 2.35. The van der Waals surface area contributed by atoms with E-state index in [9.17, 15) is 4.39 Å². The maximum Gasteiger partial charge on any atom is 0.123 e. The van der Waals surface area contributed by atoms with Crippen molar-refractivity contribution in [2.75, 3.05) is 4.90 Å². The van der Waals surface area contributed by atoms with Gasteiger partial charge in [-0.1, -0.05) is 166 Å². The molecule has 0 saturated carbocycles. The molecule has 1 heterocycles. The monoisotopic (exact) mass is 798 g/mol. The van der Waals surface area contributed by atoms with E-state index in [1.165, 1.54) is 62.0 Å². The van der Waals surface area contributed by atoms with Crippen molar-refractivity contribution in [2.24, 2.45) is 0 Å². The minimum Gasteiger partial charge on any atom is -0.310 e. The fourth-order valence-corrected chi connectivity index (χ4v) is 9.61. The van der Waals surface area contributed by atoms with E-state index in [1.54, 1.807) is 0 Å². The molecule has 0 N–H and O–H groups in total. The quantitative estimate of drug-likeness (QED) is 0.149. The molecule has 10 aromatic rings. The summed E-state index contributed by atoms with van der Waals surface area (Å²) in [6, 6.07) is 78.9. The van der Waals surface area contributed by atoms with Gasteiger partial charge in [-0.15, -0.1) is 0 Å². The summed E-state index contributed by atoms with van der Waals surface area (Å²) in [5.41, 5.74) is 19.5. The van der Waals surface area contributed by atoms with Crippen LogP contribution < -0.4 is 4.90 Å². The molecule has 1 aliphatic carbocycles. The molecule has 1 aliphatic rings. The zero-order chi connectivity index (χ0) is 41.8. The largest absolute Gasteiger partial charge is 0.310 e. The highest BCUT2D eigenvalue weighted by molar-refractivity contribution is 6.07. The van der Waals surface area contributed by atoms with Crippen molar-refractivity contribution in [2.45, 2.75) is 19.3 Å². The van der Waals surface area contributed by atoms with Crippen molar-refractivity contribution in [3.05, 3.63) is 241 Å². The fraction of sp³-hybridized carbons (Fsp3) is 0.0508. The molecule has 2 nitrogen and oxygen atoms in total. The zero-order valence-corrected chi connectivity index (χ0v) is 34.6. The predicted octanol–water partition coefficient (Wildman–Crippen LogP) is 16.2. The third kappa shape index (κ3) is 6.33. The van der Waals surface area contributed by atoms with Crippen LogP contribution in [0.4, 0.5) is 21.5 Å². The lowest BCUT2D eigenvalue weighted by Crippen LogP contribution is -2.16. The van der Waals surface area contributed by atoms with Crippen molar-refractivity contribution < 1.29 is 4.39 Å². The van der Waals surface area contributed by atoms with Crippen LogP contribution >= 0.6 is 0 Å². The zero-order valence-electron chi connectivity index (χ0n) is 34.6. The first kappa shape index (κ1) is 37.3. The van der Waals surface area contributed by atoms with Crippen molar-refractivity contribution in [1.82, 2.24) is 4.57 Å². The van der Waals surface area contributed by atoms with Crippen LogP contribution in [-0.2, 0) is 5.41 Å². The third-order valence-electron chi connectivity index (χ3n) is 12.7. The molecule has 296 valence electrons. The van der Waals surface area contributed by atoms with E-state index < -0.39 is 0 Å². The van der Waals surface area contributed by atoms with Crippen molar-refractivity contribution in [1.29, 1.82) is 0 Å². The molecule has 0 fully saturated rings. The number of benzene rings is 9. The van der Waals surface area contributed by atoms with Crippen LogP contribution in [0, 0.1) is 5.82 Å². The highest BCUT2D eigenvalue weighted by atomic mass is 19.1. The van der Waals surface area contributed by atoms with Gasteiger partial charge >= 0.3 is 0 Å². The van der Waals surface area contributed by atoms with Crippen LogP contribution in [-0.4, -0.2) is 4.57 Å². The lowest BCUT2D eigenvalue weighted by atomic mass is 9.82. The minimum atomic E-state index is -0.256. The maximum absolute atomic E-state index is 14.4. The second-order valence-electron chi connectivity index (χ2n) is 16.7. The van der Waals surface area contributed by atoms with Crippen LogP contribution in [0.2, 0.25) is 0 Å². The Hall–Kier alpha value is -7.75. The van der Waals surface area contributed by atoms with Gasteiger partial charge in [0.25, 0.3) is 0 Å². The maximum atomic E-state index is 14.4. The summed E-state index contributed by atoms with van der Waals surface area (Å²) >= 11 is 0. The Morgan fingerprint density at radius 2 is 0.903 bits per heavy atom. The van der Waals surface area contributed by atoms with Crippen LogP contribution in [0.1, 0.15) is 25.0 Å². The van der Waals surface area contributed by atoms with Gasteiger partial charge in [0.1, 0.15) is 5.82 Å². The van der Waals surface area contributed by atoms with E-state index in [1.807, 2.05) is 12.1 Å².